The molecule has 0 atom stereocenters. The molecule has 20 heavy (non-hydrogen) atoms. The van der Waals surface area contributed by atoms with Gasteiger partial charge in [-0.2, -0.15) is 0 Å². The Morgan fingerprint density at radius 3 is 2.85 bits per heavy atom. The average Bonchev–Trinajstić information content (AvgIpc) is 2.83. The fourth-order valence-electron chi connectivity index (χ4n) is 1.66. The van der Waals surface area contributed by atoms with Gasteiger partial charge in [-0.3, -0.25) is 0 Å². The summed E-state index contributed by atoms with van der Waals surface area (Å²) < 4.78 is 12.0. The first-order valence-corrected chi connectivity index (χ1v) is 7.59. The van der Waals surface area contributed by atoms with Crippen LogP contribution in [0.3, 0.4) is 0 Å². The van der Waals surface area contributed by atoms with Crippen LogP contribution in [0, 0.1) is 0 Å². The highest BCUT2D eigenvalue weighted by Gasteiger charge is 2.06. The Bertz CT molecular complexity index is 569. The quantitative estimate of drug-likeness (QED) is 0.807. The van der Waals surface area contributed by atoms with Crippen molar-refractivity contribution in [2.45, 2.75) is 33.0 Å². The van der Waals surface area contributed by atoms with Crippen molar-refractivity contribution in [3.05, 3.63) is 51.3 Å². The van der Waals surface area contributed by atoms with Gasteiger partial charge in [0.15, 0.2) is 0 Å². The summed E-state index contributed by atoms with van der Waals surface area (Å²) in [5.74, 6) is 1.43. The Morgan fingerprint density at radius 1 is 1.35 bits per heavy atom. The van der Waals surface area contributed by atoms with Crippen LogP contribution in [0.1, 0.15) is 25.2 Å². The average molecular weight is 359 g/mol. The fourth-order valence-corrected chi connectivity index (χ4v) is 2.39. The monoisotopic (exact) mass is 357 g/mol. The second-order valence-corrected chi connectivity index (χ2v) is 6.14. The normalized spacial score (nSPS) is 11.1. The van der Waals surface area contributed by atoms with Crippen molar-refractivity contribution in [2.24, 2.45) is 0 Å². The molecule has 0 bridgehead atoms. The number of halogens is 2. The molecule has 0 aliphatic heterocycles. The van der Waals surface area contributed by atoms with E-state index in [9.17, 15) is 0 Å². The summed E-state index contributed by atoms with van der Waals surface area (Å²) in [6, 6.07) is 7.96. The maximum Gasteiger partial charge on any atom is 0.146 e. The zero-order valence-corrected chi connectivity index (χ0v) is 13.8. The summed E-state index contributed by atoms with van der Waals surface area (Å²) in [5, 5.41) is 3.91. The minimum Gasteiger partial charge on any atom is -0.484 e. The number of hydrogen-bond acceptors (Lipinski definition) is 3. The van der Waals surface area contributed by atoms with E-state index in [0.29, 0.717) is 23.4 Å². The second kappa shape index (κ2) is 7.16. The summed E-state index contributed by atoms with van der Waals surface area (Å²) in [7, 11) is 0. The van der Waals surface area contributed by atoms with Crippen LogP contribution in [-0.2, 0) is 13.2 Å². The Morgan fingerprint density at radius 2 is 2.15 bits per heavy atom. The number of hydrogen-bond donors (Lipinski definition) is 1. The molecule has 0 saturated carbocycles. The van der Waals surface area contributed by atoms with Crippen LogP contribution in [0.2, 0.25) is 5.02 Å². The van der Waals surface area contributed by atoms with Crippen LogP contribution in [0.15, 0.2) is 39.4 Å². The van der Waals surface area contributed by atoms with Crippen LogP contribution in [0.25, 0.3) is 0 Å². The molecular formula is C15H17BrClNO2. The van der Waals surface area contributed by atoms with E-state index in [4.69, 9.17) is 20.8 Å². The summed E-state index contributed by atoms with van der Waals surface area (Å²) in [6.07, 6.45) is 1.75. The maximum atomic E-state index is 6.09. The predicted octanol–water partition coefficient (Wildman–Crippen LogP) is 4.77. The summed E-state index contributed by atoms with van der Waals surface area (Å²) >= 11 is 9.45. The number of nitrogens with one attached hydrogen (secondary N) is 1. The van der Waals surface area contributed by atoms with Gasteiger partial charge in [-0.05, 0) is 24.3 Å². The molecule has 0 amide bonds. The Balaban J connectivity index is 1.90. The van der Waals surface area contributed by atoms with Crippen molar-refractivity contribution < 1.29 is 9.15 Å². The van der Waals surface area contributed by atoms with Crippen molar-refractivity contribution in [2.75, 3.05) is 0 Å². The lowest BCUT2D eigenvalue weighted by molar-refractivity contribution is 0.270. The molecule has 5 heteroatoms. The molecule has 0 fully saturated rings. The van der Waals surface area contributed by atoms with Gasteiger partial charge < -0.3 is 14.5 Å². The van der Waals surface area contributed by atoms with Crippen molar-refractivity contribution in [3.63, 3.8) is 0 Å². The van der Waals surface area contributed by atoms with E-state index < -0.39 is 0 Å². The van der Waals surface area contributed by atoms with Gasteiger partial charge in [-0.15, -0.1) is 0 Å². The molecule has 0 saturated heterocycles. The van der Waals surface area contributed by atoms with Crippen molar-refractivity contribution >= 4 is 27.5 Å². The fraction of sp³-hybridized carbons (Fsp3) is 0.333. The molecule has 3 nitrogen and oxygen atoms in total. The highest BCUT2D eigenvalue weighted by atomic mass is 79.9. The number of furan rings is 1. The van der Waals surface area contributed by atoms with E-state index in [1.165, 1.54) is 0 Å². The highest BCUT2D eigenvalue weighted by molar-refractivity contribution is 9.10. The smallest absolute Gasteiger partial charge is 0.146 e. The van der Waals surface area contributed by atoms with Crippen molar-refractivity contribution in [1.82, 2.24) is 5.32 Å². The van der Waals surface area contributed by atoms with E-state index in [1.54, 1.807) is 12.3 Å². The van der Waals surface area contributed by atoms with E-state index in [-0.39, 0.29) is 0 Å². The summed E-state index contributed by atoms with van der Waals surface area (Å²) in [5.41, 5.74) is 1.11. The molecule has 0 aliphatic rings. The lowest BCUT2D eigenvalue weighted by atomic mass is 10.3. The molecular weight excluding hydrogens is 342 g/mol. The van der Waals surface area contributed by atoms with Gasteiger partial charge >= 0.3 is 0 Å². The van der Waals surface area contributed by atoms with E-state index in [1.807, 2.05) is 18.2 Å². The second-order valence-electron chi connectivity index (χ2n) is 4.82. The molecule has 1 heterocycles. The van der Waals surface area contributed by atoms with Crippen molar-refractivity contribution in [3.8, 4) is 5.75 Å². The lowest BCUT2D eigenvalue weighted by Crippen LogP contribution is -2.21. The van der Waals surface area contributed by atoms with Crippen LogP contribution in [0.5, 0.6) is 5.75 Å². The third-order valence-corrected chi connectivity index (χ3v) is 3.47. The zero-order chi connectivity index (χ0) is 14.5. The predicted molar refractivity (Wildman–Crippen MR) is 84.2 cm³/mol. The molecule has 1 aromatic heterocycles. The number of benzene rings is 1. The molecule has 0 spiro atoms. The zero-order valence-electron chi connectivity index (χ0n) is 11.5. The van der Waals surface area contributed by atoms with Gasteiger partial charge in [-0.25, -0.2) is 0 Å². The minimum absolute atomic E-state index is 0.364. The molecule has 0 radical (unpaired) electrons. The number of rotatable bonds is 6. The van der Waals surface area contributed by atoms with Gasteiger partial charge in [0.2, 0.25) is 0 Å². The van der Waals surface area contributed by atoms with Gasteiger partial charge in [0.25, 0.3) is 0 Å². The van der Waals surface area contributed by atoms with Crippen LogP contribution in [-0.4, -0.2) is 6.04 Å². The Kier molecular flexibility index (Phi) is 5.52. The van der Waals surface area contributed by atoms with E-state index in [0.717, 1.165) is 22.3 Å². The van der Waals surface area contributed by atoms with Crippen LogP contribution < -0.4 is 10.1 Å². The van der Waals surface area contributed by atoms with E-state index in [2.05, 4.69) is 35.1 Å². The molecule has 0 unspecified atom stereocenters. The maximum absolute atomic E-state index is 6.09. The molecule has 1 aromatic carbocycles. The third kappa shape index (κ3) is 4.54. The van der Waals surface area contributed by atoms with Gasteiger partial charge in [-0.1, -0.05) is 41.4 Å². The SMILES string of the molecule is CC(C)NCc1coc(COc2ccc(Br)cc2Cl)c1. The van der Waals surface area contributed by atoms with Crippen molar-refractivity contribution in [1.29, 1.82) is 0 Å². The summed E-state index contributed by atoms with van der Waals surface area (Å²) in [6.45, 7) is 5.38. The molecule has 2 aromatic rings. The lowest BCUT2D eigenvalue weighted by Gasteiger charge is -2.06. The first-order valence-electron chi connectivity index (χ1n) is 6.42. The van der Waals surface area contributed by atoms with Gasteiger partial charge in [0.1, 0.15) is 18.1 Å². The molecule has 0 aliphatic carbocycles. The van der Waals surface area contributed by atoms with E-state index >= 15 is 0 Å². The highest BCUT2D eigenvalue weighted by Crippen LogP contribution is 2.28. The minimum atomic E-state index is 0.364. The van der Waals surface area contributed by atoms with Crippen LogP contribution >= 0.6 is 27.5 Å². The number of ether oxygens (including phenoxy) is 1. The largest absolute Gasteiger partial charge is 0.484 e. The van der Waals surface area contributed by atoms with Gasteiger partial charge in [0.05, 0.1) is 11.3 Å². The standard InChI is InChI=1S/C15H17BrClNO2/c1-10(2)18-7-11-5-13(19-8-11)9-20-15-4-3-12(16)6-14(15)17/h3-6,8,10,18H,7,9H2,1-2H3. The van der Waals surface area contributed by atoms with Crippen LogP contribution in [0.4, 0.5) is 0 Å². The Hall–Kier alpha value is -0.970. The topological polar surface area (TPSA) is 34.4 Å². The molecule has 108 valence electrons. The third-order valence-electron chi connectivity index (χ3n) is 2.69. The first kappa shape index (κ1) is 15.4. The Labute approximate surface area is 132 Å². The first-order chi connectivity index (χ1) is 9.54. The summed E-state index contributed by atoms with van der Waals surface area (Å²) in [4.78, 5) is 0. The molecule has 2 rings (SSSR count). The molecule has 1 N–H and O–H groups in total. The van der Waals surface area contributed by atoms with Gasteiger partial charge in [0, 0.05) is 22.6 Å².